The van der Waals surface area contributed by atoms with Gasteiger partial charge >= 0.3 is 5.97 Å². The first-order valence-corrected chi connectivity index (χ1v) is 8.62. The van der Waals surface area contributed by atoms with Crippen LogP contribution in [0.1, 0.15) is 36.5 Å². The second-order valence-corrected chi connectivity index (χ2v) is 6.53. The number of rotatable bonds is 10. The normalized spacial score (nSPS) is 11.1. The molecule has 0 bridgehead atoms. The van der Waals surface area contributed by atoms with Crippen molar-refractivity contribution in [3.05, 3.63) is 36.4 Å². The van der Waals surface area contributed by atoms with Crippen LogP contribution in [-0.4, -0.2) is 32.6 Å². The second kappa shape index (κ2) is 8.55. The van der Waals surface area contributed by atoms with E-state index in [1.807, 2.05) is 6.92 Å². The number of benzene rings is 1. The molecule has 0 aromatic heterocycles. The molecule has 3 N–H and O–H groups in total. The first-order chi connectivity index (χ1) is 10.4. The third-order valence-corrected chi connectivity index (χ3v) is 4.53. The summed E-state index contributed by atoms with van der Waals surface area (Å²) in [5.74, 6) is -1.17. The van der Waals surface area contributed by atoms with Gasteiger partial charge in [0.05, 0.1) is 11.3 Å². The van der Waals surface area contributed by atoms with Gasteiger partial charge < -0.3 is 10.4 Å². The Kier molecular flexibility index (Phi) is 7.07. The number of sulfonamides is 1. The van der Waals surface area contributed by atoms with Crippen molar-refractivity contribution in [1.82, 2.24) is 4.72 Å². The lowest BCUT2D eigenvalue weighted by Gasteiger charge is -2.13. The maximum Gasteiger partial charge on any atom is 0.335 e. The molecular weight excluding hydrogens is 304 g/mol. The molecule has 0 saturated heterocycles. The molecule has 0 amide bonds. The molecule has 22 heavy (non-hydrogen) atoms. The third-order valence-electron chi connectivity index (χ3n) is 3.03. The highest BCUT2D eigenvalue weighted by atomic mass is 32.2. The van der Waals surface area contributed by atoms with Gasteiger partial charge in [0.15, 0.2) is 0 Å². The van der Waals surface area contributed by atoms with Crippen LogP contribution in [0.3, 0.4) is 0 Å². The quantitative estimate of drug-likeness (QED) is 0.453. The number of unbranched alkanes of at least 4 members (excludes halogenated alkanes) is 2. The van der Waals surface area contributed by atoms with Crippen LogP contribution in [0.4, 0.5) is 5.69 Å². The van der Waals surface area contributed by atoms with Gasteiger partial charge in [-0.05, 0) is 24.6 Å². The topological polar surface area (TPSA) is 95.5 Å². The molecule has 0 aliphatic heterocycles. The summed E-state index contributed by atoms with van der Waals surface area (Å²) in [6, 6.07) is 3.98. The van der Waals surface area contributed by atoms with Crippen molar-refractivity contribution in [3.8, 4) is 0 Å². The fraction of sp³-hybridized carbons (Fsp3) is 0.400. The van der Waals surface area contributed by atoms with Gasteiger partial charge in [-0.3, -0.25) is 0 Å². The highest BCUT2D eigenvalue weighted by Crippen LogP contribution is 2.23. The van der Waals surface area contributed by atoms with Gasteiger partial charge in [0.1, 0.15) is 4.90 Å². The fourth-order valence-electron chi connectivity index (χ4n) is 1.87. The molecule has 7 heteroatoms. The molecule has 0 atom stereocenters. The molecule has 0 aliphatic carbocycles. The zero-order valence-electron chi connectivity index (χ0n) is 12.6. The predicted octanol–water partition coefficient (Wildman–Crippen LogP) is 2.45. The molecule has 6 nitrogen and oxygen atoms in total. The summed E-state index contributed by atoms with van der Waals surface area (Å²) < 4.78 is 27.3. The van der Waals surface area contributed by atoms with E-state index in [1.54, 1.807) is 6.08 Å². The van der Waals surface area contributed by atoms with Crippen LogP contribution in [0, 0.1) is 0 Å². The largest absolute Gasteiger partial charge is 0.478 e. The first-order valence-electron chi connectivity index (χ1n) is 7.14. The second-order valence-electron chi connectivity index (χ2n) is 4.79. The van der Waals surface area contributed by atoms with Crippen molar-refractivity contribution in [2.75, 3.05) is 18.4 Å². The van der Waals surface area contributed by atoms with Crippen molar-refractivity contribution in [2.45, 2.75) is 31.1 Å². The molecule has 0 spiro atoms. The van der Waals surface area contributed by atoms with Crippen LogP contribution in [0.15, 0.2) is 35.7 Å². The van der Waals surface area contributed by atoms with E-state index in [1.165, 1.54) is 12.1 Å². The van der Waals surface area contributed by atoms with Crippen molar-refractivity contribution in [3.63, 3.8) is 0 Å². The summed E-state index contributed by atoms with van der Waals surface area (Å²) in [5, 5.41) is 11.9. The Morgan fingerprint density at radius 3 is 2.68 bits per heavy atom. The molecule has 0 saturated carbocycles. The van der Waals surface area contributed by atoms with Crippen LogP contribution < -0.4 is 10.0 Å². The summed E-state index contributed by atoms with van der Waals surface area (Å²) in [6.07, 6.45) is 4.25. The minimum absolute atomic E-state index is 0.0641. The Morgan fingerprint density at radius 1 is 1.36 bits per heavy atom. The smallest absolute Gasteiger partial charge is 0.335 e. The Bertz CT molecular complexity index is 626. The average molecular weight is 326 g/mol. The van der Waals surface area contributed by atoms with Crippen molar-refractivity contribution in [2.24, 2.45) is 0 Å². The number of carbonyl (C=O) groups is 1. The zero-order chi connectivity index (χ0) is 16.6. The molecule has 0 unspecified atom stereocenters. The molecule has 0 fully saturated rings. The maximum atomic E-state index is 12.4. The van der Waals surface area contributed by atoms with E-state index >= 15 is 0 Å². The number of hydrogen-bond donors (Lipinski definition) is 3. The van der Waals surface area contributed by atoms with Crippen LogP contribution >= 0.6 is 0 Å². The number of anilines is 1. The van der Waals surface area contributed by atoms with E-state index < -0.39 is 16.0 Å². The van der Waals surface area contributed by atoms with Crippen molar-refractivity contribution < 1.29 is 18.3 Å². The Hall–Kier alpha value is -1.86. The van der Waals surface area contributed by atoms with Gasteiger partial charge in [0.2, 0.25) is 10.0 Å². The lowest BCUT2D eigenvalue weighted by Crippen LogP contribution is -2.26. The lowest BCUT2D eigenvalue weighted by atomic mass is 10.2. The lowest BCUT2D eigenvalue weighted by molar-refractivity contribution is 0.0696. The van der Waals surface area contributed by atoms with Gasteiger partial charge in [-0.25, -0.2) is 17.9 Å². The minimum atomic E-state index is -3.77. The Labute approximate surface area is 131 Å². The monoisotopic (exact) mass is 326 g/mol. The highest BCUT2D eigenvalue weighted by Gasteiger charge is 2.20. The van der Waals surface area contributed by atoms with Crippen LogP contribution in [0.5, 0.6) is 0 Å². The number of aromatic carboxylic acids is 1. The maximum absolute atomic E-state index is 12.4. The standard InChI is InChI=1S/C15H22N2O4S/c1-3-5-6-10-17-22(20,21)14-11-12(15(18)19)7-8-13(14)16-9-4-2/h4,7-8,11,16-17H,2-3,5-6,9-10H2,1H3,(H,18,19). The van der Waals surface area contributed by atoms with Crippen LogP contribution in [-0.2, 0) is 10.0 Å². The molecule has 122 valence electrons. The van der Waals surface area contributed by atoms with Crippen molar-refractivity contribution >= 4 is 21.7 Å². The summed E-state index contributed by atoms with van der Waals surface area (Å²) in [6.45, 7) is 6.30. The first kappa shape index (κ1) is 18.2. The fourth-order valence-corrected chi connectivity index (χ4v) is 3.15. The molecule has 1 aromatic carbocycles. The van der Waals surface area contributed by atoms with E-state index in [0.717, 1.165) is 25.3 Å². The minimum Gasteiger partial charge on any atom is -0.478 e. The third kappa shape index (κ3) is 5.16. The van der Waals surface area contributed by atoms with Gasteiger partial charge in [0.25, 0.3) is 0 Å². The summed E-state index contributed by atoms with van der Waals surface area (Å²) in [5.41, 5.74) is 0.283. The molecule has 0 aliphatic rings. The molecular formula is C15H22N2O4S. The Balaban J connectivity index is 3.07. The van der Waals surface area contributed by atoms with E-state index in [-0.39, 0.29) is 10.5 Å². The van der Waals surface area contributed by atoms with Gasteiger partial charge in [-0.2, -0.15) is 0 Å². The Morgan fingerprint density at radius 2 is 2.09 bits per heavy atom. The number of carboxylic acid groups (broad SMARTS) is 1. The van der Waals surface area contributed by atoms with E-state index in [4.69, 9.17) is 5.11 Å². The number of hydrogen-bond acceptors (Lipinski definition) is 4. The average Bonchev–Trinajstić information content (AvgIpc) is 2.49. The highest BCUT2D eigenvalue weighted by molar-refractivity contribution is 7.89. The zero-order valence-corrected chi connectivity index (χ0v) is 13.4. The van der Waals surface area contributed by atoms with Gasteiger partial charge in [-0.15, -0.1) is 6.58 Å². The molecule has 1 rings (SSSR count). The molecule has 0 heterocycles. The van der Waals surface area contributed by atoms with E-state index in [9.17, 15) is 13.2 Å². The van der Waals surface area contributed by atoms with Crippen molar-refractivity contribution in [1.29, 1.82) is 0 Å². The summed E-state index contributed by atoms with van der Waals surface area (Å²) in [7, 11) is -3.77. The number of nitrogens with one attached hydrogen (secondary N) is 2. The number of carboxylic acids is 1. The summed E-state index contributed by atoms with van der Waals surface area (Å²) >= 11 is 0. The summed E-state index contributed by atoms with van der Waals surface area (Å²) in [4.78, 5) is 11.0. The van der Waals surface area contributed by atoms with E-state index in [0.29, 0.717) is 18.8 Å². The molecule has 1 aromatic rings. The van der Waals surface area contributed by atoms with E-state index in [2.05, 4.69) is 16.6 Å². The SMILES string of the molecule is C=CCNc1ccc(C(=O)O)cc1S(=O)(=O)NCCCCC. The van der Waals surface area contributed by atoms with Gasteiger partial charge in [-0.1, -0.05) is 25.8 Å². The van der Waals surface area contributed by atoms with Gasteiger partial charge in [0, 0.05) is 13.1 Å². The van der Waals surface area contributed by atoms with Crippen LogP contribution in [0.2, 0.25) is 0 Å². The predicted molar refractivity (Wildman–Crippen MR) is 86.8 cm³/mol. The van der Waals surface area contributed by atoms with Crippen LogP contribution in [0.25, 0.3) is 0 Å². The molecule has 0 radical (unpaired) electrons.